The molecule has 150 valence electrons. The maximum absolute atomic E-state index is 12.7. The van der Waals surface area contributed by atoms with E-state index < -0.39 is 10.0 Å². The number of nitrogens with zero attached hydrogens (tertiary/aromatic N) is 2. The van der Waals surface area contributed by atoms with E-state index in [2.05, 4.69) is 5.32 Å². The quantitative estimate of drug-likeness (QED) is 0.774. The first kappa shape index (κ1) is 20.5. The third-order valence-electron chi connectivity index (χ3n) is 4.87. The number of sulfonamides is 1. The molecule has 3 rings (SSSR count). The van der Waals surface area contributed by atoms with E-state index in [1.54, 1.807) is 12.1 Å². The molecule has 2 aromatic rings. The average molecular weight is 402 g/mol. The molecule has 0 bridgehead atoms. The Morgan fingerprint density at radius 1 is 1.04 bits per heavy atom. The van der Waals surface area contributed by atoms with Crippen molar-refractivity contribution >= 4 is 15.9 Å². The SMILES string of the molecule is CN(C)C[C@H](NC(=O)c1ccc(S(=O)(=O)N2CCCC2)cc1)c1ccccc1. The van der Waals surface area contributed by atoms with Gasteiger partial charge in [-0.1, -0.05) is 30.3 Å². The van der Waals surface area contributed by atoms with E-state index in [0.29, 0.717) is 25.2 Å². The second-order valence-corrected chi connectivity index (χ2v) is 9.27. The molecule has 1 aliphatic heterocycles. The molecule has 1 aliphatic rings. The lowest BCUT2D eigenvalue weighted by Gasteiger charge is -2.23. The van der Waals surface area contributed by atoms with E-state index in [0.717, 1.165) is 18.4 Å². The van der Waals surface area contributed by atoms with Crippen LogP contribution in [0.15, 0.2) is 59.5 Å². The molecule has 2 aromatic carbocycles. The highest BCUT2D eigenvalue weighted by Crippen LogP contribution is 2.21. The number of rotatable bonds is 7. The highest BCUT2D eigenvalue weighted by molar-refractivity contribution is 7.89. The summed E-state index contributed by atoms with van der Waals surface area (Å²) in [5, 5.41) is 3.05. The van der Waals surface area contributed by atoms with Crippen LogP contribution in [-0.4, -0.2) is 57.3 Å². The third-order valence-corrected chi connectivity index (χ3v) is 6.79. The minimum absolute atomic E-state index is 0.156. The lowest BCUT2D eigenvalue weighted by molar-refractivity contribution is 0.0930. The second-order valence-electron chi connectivity index (χ2n) is 7.33. The molecule has 0 saturated carbocycles. The smallest absolute Gasteiger partial charge is 0.251 e. The summed E-state index contributed by atoms with van der Waals surface area (Å²) in [6, 6.07) is 15.9. The molecule has 1 fully saturated rings. The number of amides is 1. The van der Waals surface area contributed by atoms with Crippen LogP contribution in [0.5, 0.6) is 0 Å². The molecule has 0 spiro atoms. The third kappa shape index (κ3) is 4.79. The van der Waals surface area contributed by atoms with Crippen LogP contribution < -0.4 is 5.32 Å². The summed E-state index contributed by atoms with van der Waals surface area (Å²) in [4.78, 5) is 15.0. The summed E-state index contributed by atoms with van der Waals surface area (Å²) in [6.07, 6.45) is 1.79. The summed E-state index contributed by atoms with van der Waals surface area (Å²) in [6.45, 7) is 1.79. The Hall–Kier alpha value is -2.22. The molecule has 1 N–H and O–H groups in total. The Morgan fingerprint density at radius 2 is 1.64 bits per heavy atom. The van der Waals surface area contributed by atoms with Gasteiger partial charge in [0.25, 0.3) is 5.91 Å². The maximum Gasteiger partial charge on any atom is 0.251 e. The van der Waals surface area contributed by atoms with Crippen molar-refractivity contribution in [2.24, 2.45) is 0 Å². The number of benzene rings is 2. The van der Waals surface area contributed by atoms with Crippen molar-refractivity contribution in [1.29, 1.82) is 0 Å². The maximum atomic E-state index is 12.7. The summed E-state index contributed by atoms with van der Waals surface area (Å²) < 4.78 is 26.7. The van der Waals surface area contributed by atoms with Crippen LogP contribution >= 0.6 is 0 Å². The highest BCUT2D eigenvalue weighted by atomic mass is 32.2. The van der Waals surface area contributed by atoms with Gasteiger partial charge >= 0.3 is 0 Å². The fraction of sp³-hybridized carbons (Fsp3) is 0.381. The van der Waals surface area contributed by atoms with Gasteiger partial charge in [0.2, 0.25) is 10.0 Å². The van der Waals surface area contributed by atoms with E-state index in [1.165, 1.54) is 16.4 Å². The van der Waals surface area contributed by atoms with Crippen LogP contribution in [0.1, 0.15) is 34.8 Å². The lowest BCUT2D eigenvalue weighted by atomic mass is 10.1. The van der Waals surface area contributed by atoms with Crippen LogP contribution in [0, 0.1) is 0 Å². The van der Waals surface area contributed by atoms with Crippen molar-refractivity contribution in [2.75, 3.05) is 33.7 Å². The molecule has 1 heterocycles. The lowest BCUT2D eigenvalue weighted by Crippen LogP contribution is -2.35. The summed E-state index contributed by atoms with van der Waals surface area (Å²) in [5.74, 6) is -0.221. The van der Waals surface area contributed by atoms with Gasteiger partial charge < -0.3 is 10.2 Å². The molecular formula is C21H27N3O3S. The zero-order chi connectivity index (χ0) is 20.1. The number of carbonyl (C=O) groups excluding carboxylic acids is 1. The van der Waals surface area contributed by atoms with Crippen molar-refractivity contribution in [2.45, 2.75) is 23.8 Å². The molecule has 6 nitrogen and oxygen atoms in total. The molecule has 1 saturated heterocycles. The molecule has 0 aromatic heterocycles. The predicted molar refractivity (Wildman–Crippen MR) is 110 cm³/mol. The number of carbonyl (C=O) groups is 1. The van der Waals surface area contributed by atoms with Crippen LogP contribution in [-0.2, 0) is 10.0 Å². The van der Waals surface area contributed by atoms with Gasteiger partial charge in [-0.15, -0.1) is 0 Å². The van der Waals surface area contributed by atoms with Crippen molar-refractivity contribution in [3.05, 3.63) is 65.7 Å². The van der Waals surface area contributed by atoms with E-state index in [9.17, 15) is 13.2 Å². The normalized spacial score (nSPS) is 16.2. The molecule has 0 radical (unpaired) electrons. The largest absolute Gasteiger partial charge is 0.344 e. The minimum atomic E-state index is -3.47. The summed E-state index contributed by atoms with van der Waals surface area (Å²) in [5.41, 5.74) is 1.47. The predicted octanol–water partition coefficient (Wildman–Crippen LogP) is 2.50. The van der Waals surface area contributed by atoms with E-state index in [1.807, 2.05) is 49.3 Å². The topological polar surface area (TPSA) is 69.7 Å². The van der Waals surface area contributed by atoms with Crippen LogP contribution in [0.3, 0.4) is 0 Å². The summed E-state index contributed by atoms with van der Waals surface area (Å²) >= 11 is 0. The molecule has 28 heavy (non-hydrogen) atoms. The van der Waals surface area contributed by atoms with Gasteiger partial charge in [0.05, 0.1) is 10.9 Å². The zero-order valence-corrected chi connectivity index (χ0v) is 17.2. The van der Waals surface area contributed by atoms with Crippen molar-refractivity contribution < 1.29 is 13.2 Å². The first-order chi connectivity index (χ1) is 13.4. The first-order valence-corrected chi connectivity index (χ1v) is 10.9. The molecule has 1 amide bonds. The fourth-order valence-electron chi connectivity index (χ4n) is 3.38. The monoisotopic (exact) mass is 401 g/mol. The molecule has 0 unspecified atom stereocenters. The summed E-state index contributed by atoms with van der Waals surface area (Å²) in [7, 11) is 0.449. The Balaban J connectivity index is 1.74. The minimum Gasteiger partial charge on any atom is -0.344 e. The van der Waals surface area contributed by atoms with E-state index in [4.69, 9.17) is 0 Å². The van der Waals surface area contributed by atoms with Crippen LogP contribution in [0.25, 0.3) is 0 Å². The fourth-order valence-corrected chi connectivity index (χ4v) is 4.90. The van der Waals surface area contributed by atoms with Gasteiger partial charge in [-0.2, -0.15) is 4.31 Å². The molecule has 7 heteroatoms. The standard InChI is InChI=1S/C21H27N3O3S/c1-23(2)16-20(17-8-4-3-5-9-17)22-21(25)18-10-12-19(13-11-18)28(26,27)24-14-6-7-15-24/h3-5,8-13,20H,6-7,14-16H2,1-2H3,(H,22,25)/t20-/m0/s1. The van der Waals surface area contributed by atoms with Crippen molar-refractivity contribution in [3.63, 3.8) is 0 Å². The number of hydrogen-bond acceptors (Lipinski definition) is 4. The van der Waals surface area contributed by atoms with E-state index >= 15 is 0 Å². The van der Waals surface area contributed by atoms with Crippen LogP contribution in [0.2, 0.25) is 0 Å². The van der Waals surface area contributed by atoms with Gasteiger partial charge in [-0.05, 0) is 56.8 Å². The van der Waals surface area contributed by atoms with Crippen molar-refractivity contribution in [3.8, 4) is 0 Å². The van der Waals surface area contributed by atoms with Gasteiger partial charge in [0.1, 0.15) is 0 Å². The van der Waals surface area contributed by atoms with E-state index in [-0.39, 0.29) is 16.8 Å². The second kappa shape index (κ2) is 8.86. The number of likely N-dealkylation sites (N-methyl/N-ethyl adjacent to an activating group) is 1. The molecular weight excluding hydrogens is 374 g/mol. The number of hydrogen-bond donors (Lipinski definition) is 1. The van der Waals surface area contributed by atoms with Crippen LogP contribution in [0.4, 0.5) is 0 Å². The van der Waals surface area contributed by atoms with Gasteiger partial charge in [0, 0.05) is 25.2 Å². The van der Waals surface area contributed by atoms with Gasteiger partial charge in [-0.25, -0.2) is 8.42 Å². The first-order valence-electron chi connectivity index (χ1n) is 9.48. The molecule has 0 aliphatic carbocycles. The average Bonchev–Trinajstić information content (AvgIpc) is 3.23. The Kier molecular flexibility index (Phi) is 6.49. The Labute approximate surface area is 167 Å². The Bertz CT molecular complexity index is 890. The Morgan fingerprint density at radius 3 is 2.21 bits per heavy atom. The highest BCUT2D eigenvalue weighted by Gasteiger charge is 2.27. The van der Waals surface area contributed by atoms with Gasteiger partial charge in [-0.3, -0.25) is 4.79 Å². The molecule has 1 atom stereocenters. The van der Waals surface area contributed by atoms with Crippen molar-refractivity contribution in [1.82, 2.24) is 14.5 Å². The zero-order valence-electron chi connectivity index (χ0n) is 16.3. The van der Waals surface area contributed by atoms with Gasteiger partial charge in [0.15, 0.2) is 0 Å². The number of nitrogens with one attached hydrogen (secondary N) is 1.